The van der Waals surface area contributed by atoms with Crippen LogP contribution in [0.25, 0.3) is 0 Å². The van der Waals surface area contributed by atoms with Crippen molar-refractivity contribution in [2.75, 3.05) is 0 Å². The summed E-state index contributed by atoms with van der Waals surface area (Å²) < 4.78 is 5.40. The first-order valence-electron chi connectivity index (χ1n) is 7.50. The predicted molar refractivity (Wildman–Crippen MR) is 82.2 cm³/mol. The number of benzene rings is 2. The Morgan fingerprint density at radius 3 is 2.35 bits per heavy atom. The van der Waals surface area contributed by atoms with E-state index in [0.29, 0.717) is 5.56 Å². The fourth-order valence-electron chi connectivity index (χ4n) is 3.84. The number of hydrogen-bond donors (Lipinski definition) is 0. The molecule has 1 heterocycles. The number of ketones is 2. The van der Waals surface area contributed by atoms with E-state index in [9.17, 15) is 14.4 Å². The molecular weight excluding hydrogens is 292 g/mol. The van der Waals surface area contributed by atoms with Crippen LogP contribution >= 0.6 is 0 Å². The highest BCUT2D eigenvalue weighted by Crippen LogP contribution is 2.68. The molecule has 3 unspecified atom stereocenters. The molecule has 4 nitrogen and oxygen atoms in total. The highest BCUT2D eigenvalue weighted by molar-refractivity contribution is 6.23. The largest absolute Gasteiger partial charge is 0.425 e. The van der Waals surface area contributed by atoms with Crippen LogP contribution in [0.3, 0.4) is 0 Å². The molecule has 2 aromatic rings. The normalized spacial score (nSPS) is 28.2. The van der Waals surface area contributed by atoms with Gasteiger partial charge in [0.1, 0.15) is 16.9 Å². The lowest BCUT2D eigenvalue weighted by Crippen LogP contribution is -2.38. The Morgan fingerprint density at radius 1 is 1.00 bits per heavy atom. The highest BCUT2D eigenvalue weighted by Gasteiger charge is 2.78. The smallest absolute Gasteiger partial charge is 0.326 e. The van der Waals surface area contributed by atoms with Crippen LogP contribution in [0.15, 0.2) is 54.6 Å². The maximum absolute atomic E-state index is 13.1. The van der Waals surface area contributed by atoms with Crippen molar-refractivity contribution in [3.63, 3.8) is 0 Å². The summed E-state index contributed by atoms with van der Waals surface area (Å²) in [7, 11) is 0. The van der Waals surface area contributed by atoms with Gasteiger partial charge in [-0.15, -0.1) is 0 Å². The molecule has 4 rings (SSSR count). The van der Waals surface area contributed by atoms with Crippen LogP contribution in [0, 0.1) is 11.3 Å². The van der Waals surface area contributed by atoms with Gasteiger partial charge in [0.05, 0.1) is 11.5 Å². The van der Waals surface area contributed by atoms with Crippen molar-refractivity contribution >= 4 is 17.5 Å². The van der Waals surface area contributed by atoms with Crippen molar-refractivity contribution in [2.45, 2.75) is 12.8 Å². The van der Waals surface area contributed by atoms with Crippen molar-refractivity contribution in [3.8, 4) is 5.75 Å². The Kier molecular flexibility index (Phi) is 2.79. The molecule has 1 spiro atoms. The molecule has 1 fully saturated rings. The van der Waals surface area contributed by atoms with Gasteiger partial charge in [-0.3, -0.25) is 14.4 Å². The Bertz CT molecular complexity index is 839. The fourth-order valence-corrected chi connectivity index (χ4v) is 3.84. The lowest BCUT2D eigenvalue weighted by molar-refractivity contribution is -0.141. The summed E-state index contributed by atoms with van der Waals surface area (Å²) in [6.45, 7) is 1.43. The van der Waals surface area contributed by atoms with E-state index in [1.165, 1.54) is 6.92 Å². The van der Waals surface area contributed by atoms with Crippen molar-refractivity contribution < 1.29 is 19.1 Å². The minimum Gasteiger partial charge on any atom is -0.425 e. The SMILES string of the molecule is CC(=O)C1C(c2ccccc2)C12C(=O)Oc1ccccc1C2=O. The zero-order valence-corrected chi connectivity index (χ0v) is 12.5. The number of carbonyl (C=O) groups is 3. The lowest BCUT2D eigenvalue weighted by atomic mass is 9.86. The predicted octanol–water partition coefficient (Wildman–Crippen LogP) is 2.78. The van der Waals surface area contributed by atoms with Crippen LogP contribution in [-0.2, 0) is 9.59 Å². The van der Waals surface area contributed by atoms with E-state index in [1.54, 1.807) is 24.3 Å². The number of carbonyl (C=O) groups excluding carboxylic acids is 3. The molecule has 3 atom stereocenters. The van der Waals surface area contributed by atoms with E-state index in [-0.39, 0.29) is 17.3 Å². The van der Waals surface area contributed by atoms with Crippen LogP contribution in [-0.4, -0.2) is 17.5 Å². The molecule has 0 radical (unpaired) electrons. The second kappa shape index (κ2) is 4.62. The third-order valence-electron chi connectivity index (χ3n) is 4.85. The molecule has 114 valence electrons. The molecule has 1 saturated carbocycles. The van der Waals surface area contributed by atoms with Crippen molar-refractivity contribution in [1.29, 1.82) is 0 Å². The summed E-state index contributed by atoms with van der Waals surface area (Å²) in [6, 6.07) is 15.9. The number of Topliss-reactive ketones (excluding diaryl/α,β-unsaturated/α-hetero) is 2. The van der Waals surface area contributed by atoms with Crippen LogP contribution in [0.2, 0.25) is 0 Å². The number of esters is 1. The van der Waals surface area contributed by atoms with E-state index in [2.05, 4.69) is 0 Å². The average Bonchev–Trinajstić information content (AvgIpc) is 3.26. The minimum absolute atomic E-state index is 0.163. The molecule has 23 heavy (non-hydrogen) atoms. The van der Waals surface area contributed by atoms with E-state index < -0.39 is 23.2 Å². The zero-order chi connectivity index (χ0) is 16.2. The fraction of sp³-hybridized carbons (Fsp3) is 0.211. The molecule has 0 saturated heterocycles. The Balaban J connectivity index is 1.88. The van der Waals surface area contributed by atoms with Gasteiger partial charge < -0.3 is 4.74 Å². The summed E-state index contributed by atoms with van der Waals surface area (Å²) in [6.07, 6.45) is 0. The molecule has 1 aliphatic heterocycles. The first kappa shape index (κ1) is 13.9. The number of fused-ring (bicyclic) bond motifs is 1. The third-order valence-corrected chi connectivity index (χ3v) is 4.85. The molecule has 0 N–H and O–H groups in total. The van der Waals surface area contributed by atoms with Crippen molar-refractivity contribution in [3.05, 3.63) is 65.7 Å². The molecular formula is C19H14O4. The van der Waals surface area contributed by atoms with Gasteiger partial charge in [0, 0.05) is 5.92 Å². The minimum atomic E-state index is -1.40. The standard InChI is InChI=1S/C19H14O4/c1-11(20)15-16(12-7-3-2-4-8-12)19(15)17(21)13-9-5-6-10-14(13)23-18(19)22/h2-10,15-16H,1H3. The lowest BCUT2D eigenvalue weighted by Gasteiger charge is -2.23. The van der Waals surface area contributed by atoms with Crippen molar-refractivity contribution in [2.24, 2.45) is 11.3 Å². The van der Waals surface area contributed by atoms with Gasteiger partial charge in [-0.2, -0.15) is 0 Å². The van der Waals surface area contributed by atoms with E-state index in [1.807, 2.05) is 30.3 Å². The quantitative estimate of drug-likeness (QED) is 0.486. The van der Waals surface area contributed by atoms with Gasteiger partial charge in [-0.25, -0.2) is 0 Å². The van der Waals surface area contributed by atoms with Crippen LogP contribution < -0.4 is 4.74 Å². The molecule has 1 aliphatic carbocycles. The Morgan fingerprint density at radius 2 is 1.65 bits per heavy atom. The van der Waals surface area contributed by atoms with E-state index >= 15 is 0 Å². The molecule has 0 amide bonds. The second-order valence-corrected chi connectivity index (χ2v) is 6.06. The first-order chi connectivity index (χ1) is 11.1. The van der Waals surface area contributed by atoms with Gasteiger partial charge >= 0.3 is 5.97 Å². The highest BCUT2D eigenvalue weighted by atomic mass is 16.5. The summed E-state index contributed by atoms with van der Waals surface area (Å²) in [5.74, 6) is -1.92. The van der Waals surface area contributed by atoms with Crippen LogP contribution in [0.4, 0.5) is 0 Å². The molecule has 2 aromatic carbocycles. The third kappa shape index (κ3) is 1.69. The topological polar surface area (TPSA) is 60.4 Å². The van der Waals surface area contributed by atoms with Gasteiger partial charge in [-0.05, 0) is 24.6 Å². The first-order valence-corrected chi connectivity index (χ1v) is 7.50. The summed E-state index contributed by atoms with van der Waals surface area (Å²) in [5, 5.41) is 0. The van der Waals surface area contributed by atoms with Crippen LogP contribution in [0.1, 0.15) is 28.8 Å². The number of para-hydroxylation sites is 1. The molecule has 2 aliphatic rings. The average molecular weight is 306 g/mol. The Labute approximate surface area is 133 Å². The van der Waals surface area contributed by atoms with E-state index in [0.717, 1.165) is 5.56 Å². The molecule has 0 bridgehead atoms. The maximum atomic E-state index is 13.1. The molecule has 0 aromatic heterocycles. The van der Waals surface area contributed by atoms with Gasteiger partial charge in [0.25, 0.3) is 0 Å². The van der Waals surface area contributed by atoms with Gasteiger partial charge in [0.2, 0.25) is 0 Å². The van der Waals surface area contributed by atoms with Gasteiger partial charge in [-0.1, -0.05) is 42.5 Å². The zero-order valence-electron chi connectivity index (χ0n) is 12.5. The molecule has 4 heteroatoms. The maximum Gasteiger partial charge on any atom is 0.326 e. The van der Waals surface area contributed by atoms with Gasteiger partial charge in [0.15, 0.2) is 5.78 Å². The number of hydrogen-bond acceptors (Lipinski definition) is 4. The summed E-state index contributed by atoms with van der Waals surface area (Å²) in [4.78, 5) is 37.8. The second-order valence-electron chi connectivity index (χ2n) is 6.06. The number of ether oxygens (including phenoxy) is 1. The summed E-state index contributed by atoms with van der Waals surface area (Å²) in [5.41, 5.74) is -0.212. The summed E-state index contributed by atoms with van der Waals surface area (Å²) >= 11 is 0. The van der Waals surface area contributed by atoms with Crippen LogP contribution in [0.5, 0.6) is 5.75 Å². The van der Waals surface area contributed by atoms with Crippen molar-refractivity contribution in [1.82, 2.24) is 0 Å². The Hall–Kier alpha value is -2.75. The number of rotatable bonds is 2. The monoisotopic (exact) mass is 306 g/mol. The van der Waals surface area contributed by atoms with E-state index in [4.69, 9.17) is 4.74 Å².